The van der Waals surface area contributed by atoms with Crippen molar-refractivity contribution in [2.45, 2.75) is 38.8 Å². The maximum Gasteiger partial charge on any atom is 0.282 e. The number of benzene rings is 1. The van der Waals surface area contributed by atoms with Gasteiger partial charge >= 0.3 is 0 Å². The second kappa shape index (κ2) is 7.19. The van der Waals surface area contributed by atoms with Gasteiger partial charge in [0.15, 0.2) is 0 Å². The third kappa shape index (κ3) is 3.14. The summed E-state index contributed by atoms with van der Waals surface area (Å²) in [7, 11) is 4.13. The predicted octanol–water partition coefficient (Wildman–Crippen LogP) is 2.83. The van der Waals surface area contributed by atoms with Gasteiger partial charge in [-0.2, -0.15) is 0 Å². The molecule has 0 N–H and O–H groups in total. The molecule has 1 aromatic carbocycles. The van der Waals surface area contributed by atoms with Gasteiger partial charge in [0.25, 0.3) is 5.56 Å². The Kier molecular flexibility index (Phi) is 4.74. The molecule has 1 atom stereocenters. The normalized spacial score (nSPS) is 17.7. The summed E-state index contributed by atoms with van der Waals surface area (Å²) < 4.78 is 5.76. The predicted molar refractivity (Wildman–Crippen MR) is 107 cm³/mol. The SMILES string of the molecule is Cc1c(-c2nccn2CC[C@@H]2CCCN2C)c(=O)n(-c2ccccc2)n1C. The lowest BCUT2D eigenvalue weighted by molar-refractivity contribution is 0.286. The van der Waals surface area contributed by atoms with Gasteiger partial charge < -0.3 is 9.47 Å². The van der Waals surface area contributed by atoms with Gasteiger partial charge in [-0.3, -0.25) is 9.48 Å². The number of nitrogens with zero attached hydrogens (tertiary/aromatic N) is 5. The Morgan fingerprint density at radius 1 is 1.19 bits per heavy atom. The molecule has 0 bridgehead atoms. The van der Waals surface area contributed by atoms with Crippen molar-refractivity contribution in [1.29, 1.82) is 0 Å². The minimum Gasteiger partial charge on any atom is -0.331 e. The first-order valence-corrected chi connectivity index (χ1v) is 9.63. The number of imidazole rings is 1. The molecule has 6 heteroatoms. The van der Waals surface area contributed by atoms with Crippen LogP contribution in [0.25, 0.3) is 17.1 Å². The van der Waals surface area contributed by atoms with Crippen LogP contribution in [0.2, 0.25) is 0 Å². The molecule has 3 aromatic rings. The van der Waals surface area contributed by atoms with E-state index in [1.807, 2.05) is 55.2 Å². The van der Waals surface area contributed by atoms with Crippen molar-refractivity contribution < 1.29 is 0 Å². The summed E-state index contributed by atoms with van der Waals surface area (Å²) in [6.07, 6.45) is 7.40. The summed E-state index contributed by atoms with van der Waals surface area (Å²) in [5.74, 6) is 0.767. The number of hydrogen-bond donors (Lipinski definition) is 0. The first-order chi connectivity index (χ1) is 13.1. The van der Waals surface area contributed by atoms with Crippen LogP contribution in [0.5, 0.6) is 0 Å². The van der Waals surface area contributed by atoms with E-state index in [1.165, 1.54) is 19.4 Å². The molecule has 0 amide bonds. The molecule has 1 fully saturated rings. The molecule has 4 rings (SSSR count). The molecular weight excluding hydrogens is 338 g/mol. The van der Waals surface area contributed by atoms with Gasteiger partial charge in [0.05, 0.1) is 5.69 Å². The van der Waals surface area contributed by atoms with E-state index in [2.05, 4.69) is 21.5 Å². The molecule has 0 aliphatic carbocycles. The van der Waals surface area contributed by atoms with E-state index in [9.17, 15) is 4.79 Å². The number of aromatic nitrogens is 4. The number of rotatable bonds is 5. The van der Waals surface area contributed by atoms with Crippen LogP contribution in [0.4, 0.5) is 0 Å². The van der Waals surface area contributed by atoms with Gasteiger partial charge in [-0.25, -0.2) is 9.67 Å². The fourth-order valence-electron chi connectivity index (χ4n) is 4.18. The van der Waals surface area contributed by atoms with E-state index in [4.69, 9.17) is 0 Å². The lowest BCUT2D eigenvalue weighted by Crippen LogP contribution is -2.26. The highest BCUT2D eigenvalue weighted by molar-refractivity contribution is 5.59. The van der Waals surface area contributed by atoms with Gasteiger partial charge in [0.1, 0.15) is 11.4 Å². The highest BCUT2D eigenvalue weighted by Gasteiger charge is 2.23. The highest BCUT2D eigenvalue weighted by atomic mass is 16.1. The molecule has 0 saturated carbocycles. The molecule has 2 aromatic heterocycles. The molecule has 6 nitrogen and oxygen atoms in total. The van der Waals surface area contributed by atoms with Crippen molar-refractivity contribution in [2.75, 3.05) is 13.6 Å². The minimum absolute atomic E-state index is 0.0216. The van der Waals surface area contributed by atoms with Crippen LogP contribution in [-0.4, -0.2) is 43.4 Å². The van der Waals surface area contributed by atoms with E-state index >= 15 is 0 Å². The summed E-state index contributed by atoms with van der Waals surface area (Å²) in [4.78, 5) is 20.2. The Morgan fingerprint density at radius 3 is 2.67 bits per heavy atom. The summed E-state index contributed by atoms with van der Waals surface area (Å²) in [5.41, 5.74) is 2.46. The summed E-state index contributed by atoms with van der Waals surface area (Å²) in [6, 6.07) is 10.4. The van der Waals surface area contributed by atoms with Crippen LogP contribution >= 0.6 is 0 Å². The van der Waals surface area contributed by atoms with Gasteiger partial charge in [-0.1, -0.05) is 18.2 Å². The Labute approximate surface area is 159 Å². The third-order valence-electron chi connectivity index (χ3n) is 5.87. The van der Waals surface area contributed by atoms with Crippen LogP contribution in [0.1, 0.15) is 25.0 Å². The van der Waals surface area contributed by atoms with E-state index < -0.39 is 0 Å². The van der Waals surface area contributed by atoms with E-state index in [-0.39, 0.29) is 5.56 Å². The van der Waals surface area contributed by atoms with Gasteiger partial charge in [-0.15, -0.1) is 0 Å². The lowest BCUT2D eigenvalue weighted by atomic mass is 10.1. The average Bonchev–Trinajstić information content (AvgIpc) is 3.34. The van der Waals surface area contributed by atoms with Crippen molar-refractivity contribution in [3.63, 3.8) is 0 Å². The van der Waals surface area contributed by atoms with E-state index in [0.29, 0.717) is 11.6 Å². The molecule has 27 heavy (non-hydrogen) atoms. The second-order valence-corrected chi connectivity index (χ2v) is 7.45. The number of likely N-dealkylation sites (tertiary alicyclic amines) is 1. The van der Waals surface area contributed by atoms with E-state index in [0.717, 1.165) is 30.2 Å². The van der Waals surface area contributed by atoms with Crippen LogP contribution in [0.3, 0.4) is 0 Å². The zero-order valence-electron chi connectivity index (χ0n) is 16.3. The third-order valence-corrected chi connectivity index (χ3v) is 5.87. The van der Waals surface area contributed by atoms with Crippen LogP contribution in [0, 0.1) is 6.92 Å². The summed E-state index contributed by atoms with van der Waals surface area (Å²) in [6.45, 7) is 4.05. The van der Waals surface area contributed by atoms with E-state index in [1.54, 1.807) is 10.9 Å². The monoisotopic (exact) mass is 365 g/mol. The zero-order chi connectivity index (χ0) is 19.0. The molecule has 0 unspecified atom stereocenters. The van der Waals surface area contributed by atoms with Gasteiger partial charge in [0, 0.05) is 37.7 Å². The number of hydrogen-bond acceptors (Lipinski definition) is 3. The van der Waals surface area contributed by atoms with Crippen molar-refractivity contribution >= 4 is 0 Å². The Balaban J connectivity index is 1.69. The number of aryl methyl sites for hydroxylation is 1. The first-order valence-electron chi connectivity index (χ1n) is 9.63. The zero-order valence-corrected chi connectivity index (χ0v) is 16.3. The Bertz CT molecular complexity index is 982. The fourth-order valence-corrected chi connectivity index (χ4v) is 4.18. The largest absolute Gasteiger partial charge is 0.331 e. The molecular formula is C21H27N5O. The summed E-state index contributed by atoms with van der Waals surface area (Å²) >= 11 is 0. The maximum absolute atomic E-state index is 13.3. The average molecular weight is 365 g/mol. The van der Waals surface area contributed by atoms with Crippen LogP contribution in [0.15, 0.2) is 47.5 Å². The van der Waals surface area contributed by atoms with Crippen LogP contribution < -0.4 is 5.56 Å². The maximum atomic E-state index is 13.3. The van der Waals surface area contributed by atoms with Gasteiger partial charge in [-0.05, 0) is 51.9 Å². The summed E-state index contributed by atoms with van der Waals surface area (Å²) in [5, 5.41) is 0. The standard InChI is InChI=1S/C21H27N5O/c1-16-19(21(27)26(24(16)3)18-8-5-4-6-9-18)20-22-12-15-25(20)14-11-17-10-7-13-23(17)2/h4-6,8-9,12,15,17H,7,10-11,13-14H2,1-3H3/t17-/m0/s1. The van der Waals surface area contributed by atoms with Crippen molar-refractivity contribution in [1.82, 2.24) is 23.8 Å². The Hall–Kier alpha value is -2.60. The molecule has 142 valence electrons. The fraction of sp³-hybridized carbons (Fsp3) is 0.429. The molecule has 0 radical (unpaired) electrons. The molecule has 0 spiro atoms. The van der Waals surface area contributed by atoms with Crippen LogP contribution in [-0.2, 0) is 13.6 Å². The Morgan fingerprint density at radius 2 is 1.96 bits per heavy atom. The topological polar surface area (TPSA) is 48.0 Å². The smallest absolute Gasteiger partial charge is 0.282 e. The van der Waals surface area contributed by atoms with Crippen molar-refractivity contribution in [3.05, 3.63) is 58.8 Å². The quantitative estimate of drug-likeness (QED) is 0.699. The second-order valence-electron chi connectivity index (χ2n) is 7.45. The molecule has 1 aliphatic heterocycles. The molecule has 1 saturated heterocycles. The van der Waals surface area contributed by atoms with Gasteiger partial charge in [0.2, 0.25) is 0 Å². The van der Waals surface area contributed by atoms with Crippen molar-refractivity contribution in [3.8, 4) is 17.1 Å². The lowest BCUT2D eigenvalue weighted by Gasteiger charge is -2.19. The molecule has 3 heterocycles. The number of para-hydroxylation sites is 1. The van der Waals surface area contributed by atoms with Crippen molar-refractivity contribution in [2.24, 2.45) is 7.05 Å². The first kappa shape index (κ1) is 17.8. The molecule has 1 aliphatic rings. The highest BCUT2D eigenvalue weighted by Crippen LogP contribution is 2.23. The minimum atomic E-state index is -0.0216.